The summed E-state index contributed by atoms with van der Waals surface area (Å²) in [4.78, 5) is 20.5. The lowest BCUT2D eigenvalue weighted by Crippen LogP contribution is -2.13. The largest absolute Gasteiger partial charge is 0.319 e. The van der Waals surface area contributed by atoms with Gasteiger partial charge < -0.3 is 5.32 Å². The maximum absolute atomic E-state index is 12.1. The Bertz CT molecular complexity index is 825. The van der Waals surface area contributed by atoms with Gasteiger partial charge in [-0.1, -0.05) is 0 Å². The highest BCUT2D eigenvalue weighted by molar-refractivity contribution is 9.10. The number of pyridine rings is 2. The summed E-state index contributed by atoms with van der Waals surface area (Å²) in [6, 6.07) is 5.29. The van der Waals surface area contributed by atoms with Crippen LogP contribution in [-0.2, 0) is 7.05 Å². The molecule has 0 spiro atoms. The standard InChI is InChI=1S/C14H12BrN5O/c1-8-11-5-10(7-17-13(11)20(2)19-8)18-14(21)12-4-3-9(15)6-16-12/h3-7H,1-2H3,(H,18,21). The highest BCUT2D eigenvalue weighted by Crippen LogP contribution is 2.19. The molecule has 0 aliphatic carbocycles. The van der Waals surface area contributed by atoms with Gasteiger partial charge in [-0.3, -0.25) is 9.48 Å². The van der Waals surface area contributed by atoms with Crippen molar-refractivity contribution in [3.63, 3.8) is 0 Å². The van der Waals surface area contributed by atoms with E-state index in [-0.39, 0.29) is 5.91 Å². The van der Waals surface area contributed by atoms with Crippen molar-refractivity contribution in [1.29, 1.82) is 0 Å². The monoisotopic (exact) mass is 345 g/mol. The van der Waals surface area contributed by atoms with Gasteiger partial charge in [0.25, 0.3) is 5.91 Å². The minimum atomic E-state index is -0.273. The van der Waals surface area contributed by atoms with E-state index in [1.165, 1.54) is 0 Å². The van der Waals surface area contributed by atoms with E-state index in [0.29, 0.717) is 11.4 Å². The Morgan fingerprint density at radius 3 is 2.81 bits per heavy atom. The average molecular weight is 346 g/mol. The molecule has 0 fully saturated rings. The van der Waals surface area contributed by atoms with Crippen LogP contribution in [0.3, 0.4) is 0 Å². The van der Waals surface area contributed by atoms with Gasteiger partial charge in [0, 0.05) is 23.1 Å². The smallest absolute Gasteiger partial charge is 0.274 e. The third kappa shape index (κ3) is 2.64. The molecule has 0 atom stereocenters. The molecular weight excluding hydrogens is 334 g/mol. The maximum atomic E-state index is 12.1. The van der Waals surface area contributed by atoms with Crippen molar-refractivity contribution >= 4 is 38.6 Å². The number of aryl methyl sites for hydroxylation is 2. The normalized spacial score (nSPS) is 10.8. The van der Waals surface area contributed by atoms with Crippen LogP contribution >= 0.6 is 15.9 Å². The number of amides is 1. The van der Waals surface area contributed by atoms with Gasteiger partial charge in [-0.2, -0.15) is 5.10 Å². The topological polar surface area (TPSA) is 72.7 Å². The third-order valence-corrected chi connectivity index (χ3v) is 3.55. The highest BCUT2D eigenvalue weighted by Gasteiger charge is 2.11. The molecule has 0 aliphatic rings. The van der Waals surface area contributed by atoms with Crippen LogP contribution in [0.2, 0.25) is 0 Å². The molecule has 3 rings (SSSR count). The summed E-state index contributed by atoms with van der Waals surface area (Å²) < 4.78 is 2.54. The molecule has 7 heteroatoms. The van der Waals surface area contributed by atoms with Crippen molar-refractivity contribution in [3.05, 3.63) is 46.5 Å². The minimum absolute atomic E-state index is 0.273. The van der Waals surface area contributed by atoms with E-state index in [0.717, 1.165) is 21.2 Å². The number of halogens is 1. The molecule has 0 aromatic carbocycles. The number of nitrogens with one attached hydrogen (secondary N) is 1. The molecule has 3 aromatic rings. The number of carbonyl (C=O) groups excluding carboxylic acids is 1. The van der Waals surface area contributed by atoms with Gasteiger partial charge >= 0.3 is 0 Å². The lowest BCUT2D eigenvalue weighted by Gasteiger charge is -2.04. The van der Waals surface area contributed by atoms with Crippen LogP contribution < -0.4 is 5.32 Å². The van der Waals surface area contributed by atoms with Crippen molar-refractivity contribution in [3.8, 4) is 0 Å². The van der Waals surface area contributed by atoms with Gasteiger partial charge in [-0.05, 0) is 41.1 Å². The fourth-order valence-electron chi connectivity index (χ4n) is 2.08. The van der Waals surface area contributed by atoms with Crippen molar-refractivity contribution < 1.29 is 4.79 Å². The van der Waals surface area contributed by atoms with Gasteiger partial charge in [0.1, 0.15) is 5.69 Å². The summed E-state index contributed by atoms with van der Waals surface area (Å²) in [7, 11) is 1.84. The van der Waals surface area contributed by atoms with Crippen LogP contribution in [0.5, 0.6) is 0 Å². The Hall–Kier alpha value is -2.28. The Kier molecular flexibility index (Phi) is 3.42. The van der Waals surface area contributed by atoms with Gasteiger partial charge in [0.2, 0.25) is 0 Å². The first kappa shape index (κ1) is 13.7. The lowest BCUT2D eigenvalue weighted by molar-refractivity contribution is 0.102. The lowest BCUT2D eigenvalue weighted by atomic mass is 10.2. The molecule has 3 aromatic heterocycles. The fourth-order valence-corrected chi connectivity index (χ4v) is 2.32. The molecule has 21 heavy (non-hydrogen) atoms. The average Bonchev–Trinajstić information content (AvgIpc) is 2.74. The number of aromatic nitrogens is 4. The van der Waals surface area contributed by atoms with Gasteiger partial charge in [0.15, 0.2) is 5.65 Å². The number of carbonyl (C=O) groups is 1. The number of fused-ring (bicyclic) bond motifs is 1. The Balaban J connectivity index is 1.89. The number of hydrogen-bond acceptors (Lipinski definition) is 4. The highest BCUT2D eigenvalue weighted by atomic mass is 79.9. The van der Waals surface area contributed by atoms with Crippen LogP contribution in [0.25, 0.3) is 11.0 Å². The zero-order valence-electron chi connectivity index (χ0n) is 11.5. The number of anilines is 1. The van der Waals surface area contributed by atoms with Crippen molar-refractivity contribution in [2.45, 2.75) is 6.92 Å². The quantitative estimate of drug-likeness (QED) is 0.774. The predicted octanol–water partition coefficient (Wildman–Crippen LogP) is 2.69. The number of rotatable bonds is 2. The molecular formula is C14H12BrN5O. The summed E-state index contributed by atoms with van der Waals surface area (Å²) in [6.45, 7) is 1.91. The first-order chi connectivity index (χ1) is 10.0. The number of hydrogen-bond donors (Lipinski definition) is 1. The van der Waals surface area contributed by atoms with E-state index >= 15 is 0 Å². The zero-order valence-corrected chi connectivity index (χ0v) is 13.0. The molecule has 0 saturated carbocycles. The summed E-state index contributed by atoms with van der Waals surface area (Å²) >= 11 is 3.29. The van der Waals surface area contributed by atoms with E-state index < -0.39 is 0 Å². The van der Waals surface area contributed by atoms with Crippen LogP contribution in [0.15, 0.2) is 35.1 Å². The van der Waals surface area contributed by atoms with Crippen LogP contribution in [-0.4, -0.2) is 25.7 Å². The van der Waals surface area contributed by atoms with E-state index in [4.69, 9.17) is 0 Å². The second-order valence-corrected chi connectivity index (χ2v) is 5.54. The van der Waals surface area contributed by atoms with Crippen molar-refractivity contribution in [2.75, 3.05) is 5.32 Å². The number of nitrogens with zero attached hydrogens (tertiary/aromatic N) is 4. The van der Waals surface area contributed by atoms with Crippen LogP contribution in [0.4, 0.5) is 5.69 Å². The second-order valence-electron chi connectivity index (χ2n) is 4.62. The molecule has 1 amide bonds. The molecule has 3 heterocycles. The molecule has 6 nitrogen and oxygen atoms in total. The van der Waals surface area contributed by atoms with E-state index in [1.54, 1.807) is 29.2 Å². The predicted molar refractivity (Wildman–Crippen MR) is 83.1 cm³/mol. The SMILES string of the molecule is Cc1nn(C)c2ncc(NC(=O)c3ccc(Br)cn3)cc12. The molecule has 0 radical (unpaired) electrons. The Labute approximate surface area is 129 Å². The van der Waals surface area contributed by atoms with Crippen molar-refractivity contribution in [1.82, 2.24) is 19.7 Å². The summed E-state index contributed by atoms with van der Waals surface area (Å²) in [6.07, 6.45) is 3.20. The molecule has 0 saturated heterocycles. The van der Waals surface area contributed by atoms with E-state index in [9.17, 15) is 4.79 Å². The second kappa shape index (κ2) is 5.25. The first-order valence-corrected chi connectivity index (χ1v) is 7.06. The van der Waals surface area contributed by atoms with E-state index in [2.05, 4.69) is 36.3 Å². The third-order valence-electron chi connectivity index (χ3n) is 3.08. The van der Waals surface area contributed by atoms with E-state index in [1.807, 2.05) is 20.0 Å². The van der Waals surface area contributed by atoms with Crippen LogP contribution in [0, 0.1) is 6.92 Å². The molecule has 0 unspecified atom stereocenters. The maximum Gasteiger partial charge on any atom is 0.274 e. The first-order valence-electron chi connectivity index (χ1n) is 6.27. The molecule has 0 aliphatic heterocycles. The van der Waals surface area contributed by atoms with Crippen molar-refractivity contribution in [2.24, 2.45) is 7.05 Å². The molecule has 0 bridgehead atoms. The summed E-state index contributed by atoms with van der Waals surface area (Å²) in [5.41, 5.74) is 2.62. The molecule has 1 N–H and O–H groups in total. The summed E-state index contributed by atoms with van der Waals surface area (Å²) in [5, 5.41) is 8.01. The van der Waals surface area contributed by atoms with Crippen LogP contribution in [0.1, 0.15) is 16.2 Å². The Morgan fingerprint density at radius 1 is 1.29 bits per heavy atom. The minimum Gasteiger partial charge on any atom is -0.319 e. The van der Waals surface area contributed by atoms with Gasteiger partial charge in [-0.25, -0.2) is 9.97 Å². The van der Waals surface area contributed by atoms with Gasteiger partial charge in [-0.15, -0.1) is 0 Å². The zero-order chi connectivity index (χ0) is 15.0. The van der Waals surface area contributed by atoms with Gasteiger partial charge in [0.05, 0.1) is 17.6 Å². The Morgan fingerprint density at radius 2 is 2.10 bits per heavy atom. The molecule has 106 valence electrons. The summed E-state index contributed by atoms with van der Waals surface area (Å²) in [5.74, 6) is -0.273. The fraction of sp³-hybridized carbons (Fsp3) is 0.143.